The van der Waals surface area contributed by atoms with Crippen LogP contribution in [0.25, 0.3) is 22.3 Å². The van der Waals surface area contributed by atoms with E-state index in [4.69, 9.17) is 19.2 Å². The third kappa shape index (κ3) is 7.09. The van der Waals surface area contributed by atoms with Gasteiger partial charge in [0, 0.05) is 18.7 Å². The Morgan fingerprint density at radius 2 is 1.80 bits per heavy atom. The number of nitrogens with zero attached hydrogens (tertiary/aromatic N) is 4. The number of carbonyl (C=O) groups excluding carboxylic acids is 1. The summed E-state index contributed by atoms with van der Waals surface area (Å²) in [5.74, 6) is 2.07. The van der Waals surface area contributed by atoms with Gasteiger partial charge in [0.15, 0.2) is 12.4 Å². The molecule has 0 unspecified atom stereocenters. The van der Waals surface area contributed by atoms with E-state index in [0.29, 0.717) is 55.4 Å². The van der Waals surface area contributed by atoms with Gasteiger partial charge in [-0.3, -0.25) is 9.59 Å². The second-order valence-corrected chi connectivity index (χ2v) is 13.0. The highest BCUT2D eigenvalue weighted by atomic mass is 127. The molecule has 1 aliphatic heterocycles. The van der Waals surface area contributed by atoms with E-state index in [-0.39, 0.29) is 24.0 Å². The highest BCUT2D eigenvalue weighted by molar-refractivity contribution is 14.1. The molecule has 0 atom stereocenters. The Morgan fingerprint density at radius 3 is 2.48 bits per heavy atom. The number of hydrogen-bond acceptors (Lipinski definition) is 7. The van der Waals surface area contributed by atoms with Crippen LogP contribution in [0.15, 0.2) is 58.4 Å². The summed E-state index contributed by atoms with van der Waals surface area (Å²) < 4.78 is 20.3. The molecule has 1 amide bonds. The van der Waals surface area contributed by atoms with Gasteiger partial charge in [0.25, 0.3) is 11.5 Å². The number of amides is 1. The standard InChI is InChI=1S/C33H34I2N4O5/c1-5-43-29-14-21(4)25(17-24(29)20(2)3)32-37-28-9-7-6-8-23(28)33(41)39(32)36-18-22-15-26(34)31(27(35)16-22)44-19-30(40)38-10-12-42-13-11-38/h6-9,14-18,20H,5,10-13,19H2,1-4H3. The van der Waals surface area contributed by atoms with Gasteiger partial charge in [0.2, 0.25) is 0 Å². The molecular formula is C33H34I2N4O5. The van der Waals surface area contributed by atoms with Gasteiger partial charge in [-0.25, -0.2) is 4.98 Å². The van der Waals surface area contributed by atoms with Gasteiger partial charge in [-0.2, -0.15) is 9.78 Å². The highest BCUT2D eigenvalue weighted by Crippen LogP contribution is 2.34. The van der Waals surface area contributed by atoms with E-state index in [2.05, 4.69) is 70.2 Å². The molecule has 2 heterocycles. The molecule has 1 fully saturated rings. The number of halogens is 2. The van der Waals surface area contributed by atoms with Crippen LogP contribution in [0.3, 0.4) is 0 Å². The summed E-state index contributed by atoms with van der Waals surface area (Å²) >= 11 is 4.39. The average Bonchev–Trinajstić information content (AvgIpc) is 3.00. The van der Waals surface area contributed by atoms with E-state index in [1.54, 1.807) is 17.2 Å². The Kier molecular flexibility index (Phi) is 10.6. The Bertz CT molecular complexity index is 1760. The predicted molar refractivity (Wildman–Crippen MR) is 189 cm³/mol. The van der Waals surface area contributed by atoms with Crippen LogP contribution in [-0.4, -0.2) is 66.2 Å². The Balaban J connectivity index is 1.52. The van der Waals surface area contributed by atoms with Gasteiger partial charge < -0.3 is 19.1 Å². The molecule has 0 aliphatic carbocycles. The van der Waals surface area contributed by atoms with Gasteiger partial charge in [0.05, 0.1) is 44.1 Å². The zero-order chi connectivity index (χ0) is 31.4. The Morgan fingerprint density at radius 1 is 1.09 bits per heavy atom. The normalized spacial score (nSPS) is 13.7. The van der Waals surface area contributed by atoms with Crippen LogP contribution in [0.1, 0.15) is 43.4 Å². The summed E-state index contributed by atoms with van der Waals surface area (Å²) in [6.45, 7) is 11.0. The molecule has 1 aromatic heterocycles. The Hall–Kier alpha value is -3.04. The van der Waals surface area contributed by atoms with Gasteiger partial charge in [-0.05, 0) is 118 Å². The number of benzene rings is 3. The van der Waals surface area contributed by atoms with E-state index in [0.717, 1.165) is 35.1 Å². The number of hydrogen-bond donors (Lipinski definition) is 0. The molecule has 1 saturated heterocycles. The summed E-state index contributed by atoms with van der Waals surface area (Å²) in [4.78, 5) is 33.1. The van der Waals surface area contributed by atoms with Crippen molar-refractivity contribution in [2.24, 2.45) is 5.10 Å². The van der Waals surface area contributed by atoms with E-state index in [9.17, 15) is 9.59 Å². The SMILES string of the molecule is CCOc1cc(C)c(-c2nc3ccccc3c(=O)n2N=Cc2cc(I)c(OCC(=O)N3CCOCC3)c(I)c2)cc1C(C)C. The number of rotatable bonds is 9. The van der Waals surface area contributed by atoms with E-state index in [1.807, 2.05) is 50.2 Å². The lowest BCUT2D eigenvalue weighted by atomic mass is 9.96. The molecule has 3 aromatic carbocycles. The fourth-order valence-electron chi connectivity index (χ4n) is 5.03. The maximum atomic E-state index is 13.8. The quantitative estimate of drug-likeness (QED) is 0.147. The summed E-state index contributed by atoms with van der Waals surface area (Å²) in [6.07, 6.45) is 1.65. The van der Waals surface area contributed by atoms with Gasteiger partial charge in [0.1, 0.15) is 11.5 Å². The minimum absolute atomic E-state index is 0.0409. The van der Waals surface area contributed by atoms with E-state index >= 15 is 0 Å². The fourth-order valence-corrected chi connectivity index (χ4v) is 7.16. The molecule has 1 aliphatic rings. The summed E-state index contributed by atoms with van der Waals surface area (Å²) in [7, 11) is 0. The third-order valence-electron chi connectivity index (χ3n) is 7.32. The largest absolute Gasteiger partial charge is 0.494 e. The van der Waals surface area contributed by atoms with Gasteiger partial charge >= 0.3 is 0 Å². The lowest BCUT2D eigenvalue weighted by Gasteiger charge is -2.26. The van der Waals surface area contributed by atoms with Crippen LogP contribution in [0.5, 0.6) is 11.5 Å². The van der Waals surface area contributed by atoms with Crippen molar-refractivity contribution >= 4 is 68.2 Å². The maximum absolute atomic E-state index is 13.8. The summed E-state index contributed by atoms with van der Waals surface area (Å²) in [5, 5.41) is 5.17. The minimum atomic E-state index is -0.257. The fraction of sp³-hybridized carbons (Fsp3) is 0.333. The van der Waals surface area contributed by atoms with Crippen LogP contribution >= 0.6 is 45.2 Å². The maximum Gasteiger partial charge on any atom is 0.282 e. The first-order valence-electron chi connectivity index (χ1n) is 14.5. The number of aromatic nitrogens is 2. The van der Waals surface area contributed by atoms with Crippen molar-refractivity contribution in [1.29, 1.82) is 0 Å². The summed E-state index contributed by atoms with van der Waals surface area (Å²) in [5.41, 5.74) is 3.92. The predicted octanol–water partition coefficient (Wildman–Crippen LogP) is 6.22. The molecule has 0 spiro atoms. The lowest BCUT2D eigenvalue weighted by Crippen LogP contribution is -2.43. The molecule has 0 radical (unpaired) electrons. The van der Waals surface area contributed by atoms with Crippen molar-refractivity contribution in [2.45, 2.75) is 33.6 Å². The van der Waals surface area contributed by atoms with E-state index < -0.39 is 0 Å². The molecule has 9 nitrogen and oxygen atoms in total. The molecule has 0 N–H and O–H groups in total. The van der Waals surface area contributed by atoms with Crippen LogP contribution in [0, 0.1) is 14.1 Å². The Labute approximate surface area is 283 Å². The molecule has 0 saturated carbocycles. The number of aryl methyl sites for hydroxylation is 1. The molecule has 4 aromatic rings. The topological polar surface area (TPSA) is 95.2 Å². The molecule has 11 heteroatoms. The minimum Gasteiger partial charge on any atom is -0.494 e. The first-order valence-corrected chi connectivity index (χ1v) is 16.6. The van der Waals surface area contributed by atoms with Crippen molar-refractivity contribution in [3.63, 3.8) is 0 Å². The summed E-state index contributed by atoms with van der Waals surface area (Å²) in [6, 6.07) is 15.2. The second-order valence-electron chi connectivity index (χ2n) is 10.7. The first-order chi connectivity index (χ1) is 21.2. The smallest absolute Gasteiger partial charge is 0.282 e. The molecule has 44 heavy (non-hydrogen) atoms. The lowest BCUT2D eigenvalue weighted by molar-refractivity contribution is -0.137. The van der Waals surface area contributed by atoms with Crippen LogP contribution in [-0.2, 0) is 9.53 Å². The molecule has 0 bridgehead atoms. The number of para-hydroxylation sites is 1. The van der Waals surface area contributed by atoms with Crippen molar-refractivity contribution in [3.8, 4) is 22.9 Å². The van der Waals surface area contributed by atoms with E-state index in [1.165, 1.54) is 4.68 Å². The number of ether oxygens (including phenoxy) is 3. The average molecular weight is 820 g/mol. The van der Waals surface area contributed by atoms with Crippen molar-refractivity contribution in [2.75, 3.05) is 39.5 Å². The zero-order valence-corrected chi connectivity index (χ0v) is 29.4. The van der Waals surface area contributed by atoms with Crippen molar-refractivity contribution in [1.82, 2.24) is 14.6 Å². The van der Waals surface area contributed by atoms with Gasteiger partial charge in [-0.15, -0.1) is 0 Å². The number of carbonyl (C=O) groups is 1. The van der Waals surface area contributed by atoms with Crippen LogP contribution in [0.4, 0.5) is 0 Å². The van der Waals surface area contributed by atoms with Crippen LogP contribution < -0.4 is 15.0 Å². The molecule has 5 rings (SSSR count). The second kappa shape index (κ2) is 14.4. The molecular weight excluding hydrogens is 786 g/mol. The third-order valence-corrected chi connectivity index (χ3v) is 8.92. The van der Waals surface area contributed by atoms with Crippen LogP contribution in [0.2, 0.25) is 0 Å². The van der Waals surface area contributed by atoms with Gasteiger partial charge in [-0.1, -0.05) is 26.0 Å². The molecule has 230 valence electrons. The zero-order valence-electron chi connectivity index (χ0n) is 25.1. The first kappa shape index (κ1) is 32.4. The van der Waals surface area contributed by atoms with Crippen molar-refractivity contribution in [3.05, 3.63) is 82.7 Å². The van der Waals surface area contributed by atoms with Crippen molar-refractivity contribution < 1.29 is 19.0 Å². The number of fused-ring (bicyclic) bond motifs is 1. The highest BCUT2D eigenvalue weighted by Gasteiger charge is 2.20. The monoisotopic (exact) mass is 820 g/mol. The number of morpholine rings is 1.